The third-order valence-electron chi connectivity index (χ3n) is 26.4. The van der Waals surface area contributed by atoms with Gasteiger partial charge in [0.25, 0.3) is 0 Å². The van der Waals surface area contributed by atoms with E-state index in [9.17, 15) is 0 Å². The lowest BCUT2D eigenvalue weighted by Crippen LogP contribution is -2.01. The predicted octanol–water partition coefficient (Wildman–Crippen LogP) is 34.3. The van der Waals surface area contributed by atoms with Crippen molar-refractivity contribution in [3.63, 3.8) is 0 Å². The second kappa shape index (κ2) is 37.6. The van der Waals surface area contributed by atoms with E-state index in [1.54, 1.807) is 0 Å². The molecule has 656 valence electrons. The summed E-state index contributed by atoms with van der Waals surface area (Å²) < 4.78 is 4.77. The largest absolute Gasteiger partial charge is 0.309 e. The topological polar surface area (TPSA) is 87.2 Å². The molecule has 25 aromatic rings. The highest BCUT2D eigenvalue weighted by atomic mass is 15.0. The fourth-order valence-corrected chi connectivity index (χ4v) is 19.6. The smallest absolute Gasteiger partial charge is 0.164 e. The van der Waals surface area contributed by atoms with Crippen LogP contribution in [0, 0.1) is 0 Å². The standard InChI is InChI=1S/C69H46N4.C63H42N4/c1-7-21-47(22-8-1)52-37-38-64-63(46-52)66-62(35-20-36-65(66)73(64)61-33-17-6-18-34-61)53-31-19-32-54(39-53)67-70-68(59-42-55(48-23-9-2-10-24-48)40-56(43-59)49-25-11-3-12-26-49)72-69(71-67)60-44-57(50-27-13-4-14-28-50)41-58(45-60)51-29-15-5-16-30-51;1-6-19-43(20-7-1)48-35-36-58-57(42-48)60-56(33-18-34-59(60)67(58)55-31-14-5-15-32-55)49-28-17-30-51(38-49)63-65-61(46-25-12-4-13-26-46)64-62(66-63)50-29-16-27-47(37-50)54-40-52(44-21-8-2-9-22-44)39-53(41-54)45-23-10-3-11-24-45/h1-46H;1-42H. The summed E-state index contributed by atoms with van der Waals surface area (Å²) in [7, 11) is 0. The first kappa shape index (κ1) is 84.3. The van der Waals surface area contributed by atoms with Gasteiger partial charge in [-0.3, -0.25) is 0 Å². The summed E-state index contributed by atoms with van der Waals surface area (Å²) in [6.45, 7) is 0. The zero-order chi connectivity index (χ0) is 93.0. The van der Waals surface area contributed by atoms with Crippen LogP contribution in [0.1, 0.15) is 0 Å². The van der Waals surface area contributed by atoms with Crippen LogP contribution in [-0.4, -0.2) is 39.0 Å². The van der Waals surface area contributed by atoms with Crippen LogP contribution in [0.2, 0.25) is 0 Å². The van der Waals surface area contributed by atoms with Crippen molar-refractivity contribution >= 4 is 43.6 Å². The van der Waals surface area contributed by atoms with E-state index < -0.39 is 0 Å². The summed E-state index contributed by atoms with van der Waals surface area (Å²) in [6.07, 6.45) is 0. The first-order valence-electron chi connectivity index (χ1n) is 47.4. The second-order valence-corrected chi connectivity index (χ2v) is 35.3. The molecule has 4 heterocycles. The molecule has 0 aliphatic heterocycles. The van der Waals surface area contributed by atoms with Crippen molar-refractivity contribution in [2.24, 2.45) is 0 Å². The summed E-state index contributed by atoms with van der Waals surface area (Å²) in [5, 5.41) is 4.76. The molecule has 21 aromatic carbocycles. The molecule has 0 aliphatic rings. The SMILES string of the molecule is c1ccc(-c2cc(-c3ccccc3)cc(-c3cccc(-c4nc(-c5ccccc5)nc(-c5cccc(-c6cccc7c6c6cc(-c8ccccc8)ccc6n7-c6ccccc6)c5)n4)c3)c2)cc1.c1ccc(-c2cc(-c3ccccc3)cc(-c3nc(-c4cc(-c5ccccc5)cc(-c5ccccc5)c4)nc(-c4cccc(-c5cccc6c5c5cc(-c7ccccc7)ccc5n6-c5ccccc5)c4)n3)c2)cc1. The van der Waals surface area contributed by atoms with Gasteiger partial charge in [-0.1, -0.05) is 400 Å². The molecule has 140 heavy (non-hydrogen) atoms. The Labute approximate surface area is 812 Å². The fraction of sp³-hybridized carbons (Fsp3) is 0. The van der Waals surface area contributed by atoms with Gasteiger partial charge in [-0.05, 0) is 256 Å². The maximum atomic E-state index is 5.44. The molecule has 0 spiro atoms. The number of rotatable bonds is 19. The summed E-state index contributed by atoms with van der Waals surface area (Å²) in [6, 6.07) is 189. The number of hydrogen-bond donors (Lipinski definition) is 0. The molecule has 0 aliphatic carbocycles. The highest BCUT2D eigenvalue weighted by molar-refractivity contribution is 6.18. The van der Waals surface area contributed by atoms with E-state index in [-0.39, 0.29) is 0 Å². The Morgan fingerprint density at radius 2 is 0.307 bits per heavy atom. The Balaban J connectivity index is 0.000000152. The fourth-order valence-electron chi connectivity index (χ4n) is 19.6. The minimum atomic E-state index is 0.588. The molecule has 0 saturated heterocycles. The van der Waals surface area contributed by atoms with Crippen LogP contribution in [0.4, 0.5) is 0 Å². The van der Waals surface area contributed by atoms with Crippen LogP contribution in [0.25, 0.3) is 246 Å². The highest BCUT2D eigenvalue weighted by Gasteiger charge is 2.25. The van der Waals surface area contributed by atoms with Gasteiger partial charge in [0, 0.05) is 66.3 Å². The molecule has 0 fully saturated rings. The molecule has 0 amide bonds. The van der Waals surface area contributed by atoms with E-state index in [2.05, 4.69) is 525 Å². The Hall–Kier alpha value is -18.8. The summed E-state index contributed by atoms with van der Waals surface area (Å²) >= 11 is 0. The Kier molecular flexibility index (Phi) is 22.6. The lowest BCUT2D eigenvalue weighted by atomic mass is 9.93. The molecular weight excluding hydrogens is 1700 g/mol. The summed E-state index contributed by atoms with van der Waals surface area (Å²) in [5.74, 6) is 3.61. The van der Waals surface area contributed by atoms with Crippen LogP contribution in [0.5, 0.6) is 0 Å². The average molecular weight is 1790 g/mol. The minimum Gasteiger partial charge on any atom is -0.309 e. The van der Waals surface area contributed by atoms with Crippen LogP contribution < -0.4 is 0 Å². The Bertz CT molecular complexity index is 8530. The van der Waals surface area contributed by atoms with E-state index in [1.807, 2.05) is 18.2 Å². The van der Waals surface area contributed by atoms with Crippen molar-refractivity contribution in [1.82, 2.24) is 39.0 Å². The number of para-hydroxylation sites is 2. The zero-order valence-corrected chi connectivity index (χ0v) is 76.4. The maximum Gasteiger partial charge on any atom is 0.164 e. The van der Waals surface area contributed by atoms with Gasteiger partial charge in [-0.2, -0.15) is 0 Å². The average Bonchev–Trinajstić information content (AvgIpc) is 1.58. The number of benzene rings is 21. The molecule has 0 saturated carbocycles. The van der Waals surface area contributed by atoms with E-state index in [0.717, 1.165) is 156 Å². The molecule has 0 bridgehead atoms. The molecule has 4 aromatic heterocycles. The van der Waals surface area contributed by atoms with Gasteiger partial charge >= 0.3 is 0 Å². The summed E-state index contributed by atoms with van der Waals surface area (Å²) in [5.41, 5.74) is 37.1. The van der Waals surface area contributed by atoms with Crippen molar-refractivity contribution < 1.29 is 0 Å². The lowest BCUT2D eigenvalue weighted by Gasteiger charge is -2.14. The van der Waals surface area contributed by atoms with Crippen LogP contribution in [0.3, 0.4) is 0 Å². The van der Waals surface area contributed by atoms with Gasteiger partial charge in [0.2, 0.25) is 0 Å². The zero-order valence-electron chi connectivity index (χ0n) is 76.4. The van der Waals surface area contributed by atoms with E-state index >= 15 is 0 Å². The first-order chi connectivity index (χ1) is 69.4. The van der Waals surface area contributed by atoms with Crippen molar-refractivity contribution in [2.45, 2.75) is 0 Å². The van der Waals surface area contributed by atoms with Gasteiger partial charge < -0.3 is 9.13 Å². The van der Waals surface area contributed by atoms with Crippen LogP contribution >= 0.6 is 0 Å². The molecule has 25 rings (SSSR count). The van der Waals surface area contributed by atoms with E-state index in [4.69, 9.17) is 29.9 Å². The third kappa shape index (κ3) is 17.0. The number of nitrogens with zero attached hydrogens (tertiary/aromatic N) is 8. The third-order valence-corrected chi connectivity index (χ3v) is 26.4. The molecule has 8 nitrogen and oxygen atoms in total. The minimum absolute atomic E-state index is 0.588. The Morgan fingerprint density at radius 3 is 0.600 bits per heavy atom. The van der Waals surface area contributed by atoms with Crippen molar-refractivity contribution in [2.75, 3.05) is 0 Å². The molecular formula is C132H88N8. The highest BCUT2D eigenvalue weighted by Crippen LogP contribution is 2.46. The number of fused-ring (bicyclic) bond motifs is 6. The number of aromatic nitrogens is 8. The first-order valence-corrected chi connectivity index (χ1v) is 47.4. The monoisotopic (exact) mass is 1780 g/mol. The normalized spacial score (nSPS) is 11.3. The summed E-state index contributed by atoms with van der Waals surface area (Å²) in [4.78, 5) is 31.9. The molecule has 8 heteroatoms. The van der Waals surface area contributed by atoms with Crippen molar-refractivity contribution in [3.05, 3.63) is 534 Å². The molecule has 0 N–H and O–H groups in total. The van der Waals surface area contributed by atoms with Gasteiger partial charge in [0.1, 0.15) is 0 Å². The molecule has 0 atom stereocenters. The van der Waals surface area contributed by atoms with Gasteiger partial charge in [-0.25, -0.2) is 29.9 Å². The van der Waals surface area contributed by atoms with Gasteiger partial charge in [-0.15, -0.1) is 0 Å². The quantitative estimate of drug-likeness (QED) is 0.0802. The molecule has 0 radical (unpaired) electrons. The van der Waals surface area contributed by atoms with Gasteiger partial charge in [0.15, 0.2) is 34.9 Å². The molecule has 0 unspecified atom stereocenters. The maximum absolute atomic E-state index is 5.44. The van der Waals surface area contributed by atoms with E-state index in [1.165, 1.54) is 54.9 Å². The Morgan fingerprint density at radius 1 is 0.114 bits per heavy atom. The van der Waals surface area contributed by atoms with Crippen molar-refractivity contribution in [3.8, 4) is 202 Å². The van der Waals surface area contributed by atoms with Crippen LogP contribution in [0.15, 0.2) is 534 Å². The van der Waals surface area contributed by atoms with Gasteiger partial charge in [0.05, 0.1) is 22.1 Å². The van der Waals surface area contributed by atoms with E-state index in [0.29, 0.717) is 34.9 Å². The lowest BCUT2D eigenvalue weighted by molar-refractivity contribution is 1.07. The van der Waals surface area contributed by atoms with Crippen molar-refractivity contribution in [1.29, 1.82) is 0 Å². The predicted molar refractivity (Wildman–Crippen MR) is 581 cm³/mol. The number of hydrogen-bond acceptors (Lipinski definition) is 6. The van der Waals surface area contributed by atoms with Crippen LogP contribution in [-0.2, 0) is 0 Å². The second-order valence-electron chi connectivity index (χ2n) is 35.3.